The summed E-state index contributed by atoms with van der Waals surface area (Å²) in [6.45, 7) is 0. The Hall–Kier alpha value is -3.78. The molecule has 2 aromatic heterocycles. The minimum Gasteiger partial charge on any atom is -0.478 e. The first kappa shape index (κ1) is 17.6. The Balaban J connectivity index is 1.47. The molecule has 4 aromatic rings. The molecule has 0 unspecified atom stereocenters. The maximum absolute atomic E-state index is 12.4. The number of para-hydroxylation sites is 1. The fourth-order valence-electron chi connectivity index (χ4n) is 2.46. The Labute approximate surface area is 163 Å². The summed E-state index contributed by atoms with van der Waals surface area (Å²) in [4.78, 5) is 31.9. The summed E-state index contributed by atoms with van der Waals surface area (Å²) in [5.74, 6) is -0.340. The zero-order valence-corrected chi connectivity index (χ0v) is 15.1. The highest BCUT2D eigenvalue weighted by atomic mass is 32.1. The molecule has 0 radical (unpaired) electrons. The second-order valence-corrected chi connectivity index (χ2v) is 6.79. The second-order valence-electron chi connectivity index (χ2n) is 5.76. The molecule has 0 saturated heterocycles. The molecule has 0 atom stereocenters. The van der Waals surface area contributed by atoms with E-state index in [2.05, 4.69) is 15.3 Å². The molecule has 0 fully saturated rings. The Morgan fingerprint density at radius 1 is 1.00 bits per heavy atom. The van der Waals surface area contributed by atoms with Gasteiger partial charge >= 0.3 is 5.97 Å². The van der Waals surface area contributed by atoms with Crippen LogP contribution in [0.3, 0.4) is 0 Å². The van der Waals surface area contributed by atoms with Gasteiger partial charge in [0, 0.05) is 12.3 Å². The van der Waals surface area contributed by atoms with Crippen molar-refractivity contribution in [3.05, 3.63) is 78.0 Å². The van der Waals surface area contributed by atoms with Gasteiger partial charge in [-0.15, -0.1) is 0 Å². The number of hydrogen-bond acceptors (Lipinski definition) is 6. The van der Waals surface area contributed by atoms with Gasteiger partial charge in [-0.25, -0.2) is 14.8 Å². The van der Waals surface area contributed by atoms with Gasteiger partial charge in [-0.2, -0.15) is 0 Å². The van der Waals surface area contributed by atoms with Gasteiger partial charge in [0.25, 0.3) is 5.91 Å². The number of benzene rings is 2. The van der Waals surface area contributed by atoms with Crippen LogP contribution in [-0.2, 0) is 0 Å². The number of amides is 1. The van der Waals surface area contributed by atoms with E-state index in [1.807, 2.05) is 30.3 Å². The SMILES string of the molecule is O=C(O)c1ccc2nc(NC(=O)c3ccc(Oc4ccccc4)nc3)sc2c1. The third-order valence-corrected chi connectivity index (χ3v) is 4.75. The summed E-state index contributed by atoms with van der Waals surface area (Å²) in [6, 6.07) is 17.1. The Morgan fingerprint density at radius 2 is 1.79 bits per heavy atom. The first-order chi connectivity index (χ1) is 13.6. The van der Waals surface area contributed by atoms with Crippen molar-refractivity contribution in [2.45, 2.75) is 0 Å². The van der Waals surface area contributed by atoms with Crippen molar-refractivity contribution in [3.8, 4) is 11.6 Å². The zero-order valence-electron chi connectivity index (χ0n) is 14.3. The highest BCUT2D eigenvalue weighted by Crippen LogP contribution is 2.27. The largest absolute Gasteiger partial charge is 0.478 e. The van der Waals surface area contributed by atoms with Crippen LogP contribution in [-0.4, -0.2) is 27.0 Å². The predicted molar refractivity (Wildman–Crippen MR) is 105 cm³/mol. The number of fused-ring (bicyclic) bond motifs is 1. The summed E-state index contributed by atoms with van der Waals surface area (Å²) in [6.07, 6.45) is 1.42. The molecule has 0 saturated carbocycles. The van der Waals surface area contributed by atoms with Crippen LogP contribution >= 0.6 is 11.3 Å². The third kappa shape index (κ3) is 3.81. The minimum atomic E-state index is -1.01. The molecule has 28 heavy (non-hydrogen) atoms. The molecule has 0 spiro atoms. The van der Waals surface area contributed by atoms with E-state index in [0.29, 0.717) is 32.5 Å². The van der Waals surface area contributed by atoms with Gasteiger partial charge in [0.2, 0.25) is 5.88 Å². The highest BCUT2D eigenvalue weighted by molar-refractivity contribution is 7.22. The molecule has 0 aliphatic carbocycles. The molecular formula is C20H13N3O4S. The van der Waals surface area contributed by atoms with Gasteiger partial charge in [-0.1, -0.05) is 29.5 Å². The van der Waals surface area contributed by atoms with Crippen LogP contribution in [0.15, 0.2) is 66.9 Å². The third-order valence-electron chi connectivity index (χ3n) is 3.82. The number of ether oxygens (including phenoxy) is 1. The maximum atomic E-state index is 12.4. The van der Waals surface area contributed by atoms with Crippen LogP contribution in [0.25, 0.3) is 10.2 Å². The number of pyridine rings is 1. The van der Waals surface area contributed by atoms with Crippen LogP contribution in [0, 0.1) is 0 Å². The van der Waals surface area contributed by atoms with Gasteiger partial charge in [-0.3, -0.25) is 10.1 Å². The average molecular weight is 391 g/mol. The van der Waals surface area contributed by atoms with Gasteiger partial charge in [0.15, 0.2) is 5.13 Å². The molecule has 0 aliphatic rings. The summed E-state index contributed by atoms with van der Waals surface area (Å²) in [5.41, 5.74) is 1.15. The summed E-state index contributed by atoms with van der Waals surface area (Å²) >= 11 is 1.21. The quantitative estimate of drug-likeness (QED) is 0.522. The molecule has 0 aliphatic heterocycles. The van der Waals surface area contributed by atoms with Crippen LogP contribution < -0.4 is 10.1 Å². The standard InChI is InChI=1S/C20H13N3O4S/c24-18(13-7-9-17(21-11-13)27-14-4-2-1-3-5-14)23-20-22-15-8-6-12(19(25)26)10-16(15)28-20/h1-11H,(H,25,26)(H,22,23,24). The first-order valence-corrected chi connectivity index (χ1v) is 9.04. The number of aromatic nitrogens is 2. The molecule has 4 rings (SSSR count). The first-order valence-electron chi connectivity index (χ1n) is 8.23. The number of carbonyl (C=O) groups is 2. The molecule has 0 bridgehead atoms. The van der Waals surface area contributed by atoms with Crippen molar-refractivity contribution in [1.29, 1.82) is 0 Å². The van der Waals surface area contributed by atoms with E-state index in [0.717, 1.165) is 0 Å². The minimum absolute atomic E-state index is 0.173. The number of carboxylic acid groups (broad SMARTS) is 1. The predicted octanol–water partition coefficient (Wildman–Crippen LogP) is 4.43. The molecule has 2 N–H and O–H groups in total. The van der Waals surface area contributed by atoms with Crippen molar-refractivity contribution in [2.24, 2.45) is 0 Å². The van der Waals surface area contributed by atoms with Gasteiger partial charge in [-0.05, 0) is 36.4 Å². The number of thiazole rings is 1. The smallest absolute Gasteiger partial charge is 0.335 e. The van der Waals surface area contributed by atoms with Gasteiger partial charge in [0.1, 0.15) is 5.75 Å². The normalized spacial score (nSPS) is 10.6. The van der Waals surface area contributed by atoms with Gasteiger partial charge in [0.05, 0.1) is 21.3 Å². The lowest BCUT2D eigenvalue weighted by Crippen LogP contribution is -2.11. The van der Waals surface area contributed by atoms with Crippen LogP contribution in [0.5, 0.6) is 11.6 Å². The fraction of sp³-hybridized carbons (Fsp3) is 0. The monoisotopic (exact) mass is 391 g/mol. The van der Waals surface area contributed by atoms with Crippen molar-refractivity contribution in [2.75, 3.05) is 5.32 Å². The van der Waals surface area contributed by atoms with Crippen molar-refractivity contribution in [1.82, 2.24) is 9.97 Å². The van der Waals surface area contributed by atoms with Crippen molar-refractivity contribution >= 4 is 38.6 Å². The van der Waals surface area contributed by atoms with Crippen LogP contribution in [0.1, 0.15) is 20.7 Å². The lowest BCUT2D eigenvalue weighted by Gasteiger charge is -2.05. The van der Waals surface area contributed by atoms with Crippen LogP contribution in [0.2, 0.25) is 0 Å². The summed E-state index contributed by atoms with van der Waals surface area (Å²) in [5, 5.41) is 12.1. The van der Waals surface area contributed by atoms with Crippen LogP contribution in [0.4, 0.5) is 5.13 Å². The number of anilines is 1. The number of carboxylic acids is 1. The van der Waals surface area contributed by atoms with E-state index in [1.54, 1.807) is 18.2 Å². The Kier molecular flexibility index (Phi) is 4.69. The van der Waals surface area contributed by atoms with E-state index in [1.165, 1.54) is 29.7 Å². The maximum Gasteiger partial charge on any atom is 0.335 e. The molecule has 1 amide bonds. The van der Waals surface area contributed by atoms with E-state index in [4.69, 9.17) is 9.84 Å². The number of rotatable bonds is 5. The molecule has 8 heteroatoms. The van der Waals surface area contributed by atoms with E-state index < -0.39 is 5.97 Å². The Bertz CT molecular complexity index is 1160. The number of carbonyl (C=O) groups excluding carboxylic acids is 1. The zero-order chi connectivity index (χ0) is 19.5. The number of aromatic carboxylic acids is 1. The van der Waals surface area contributed by atoms with Crippen molar-refractivity contribution < 1.29 is 19.4 Å². The lowest BCUT2D eigenvalue weighted by atomic mass is 10.2. The summed E-state index contributed by atoms with van der Waals surface area (Å²) in [7, 11) is 0. The number of hydrogen-bond donors (Lipinski definition) is 2. The highest BCUT2D eigenvalue weighted by Gasteiger charge is 2.12. The fourth-order valence-corrected chi connectivity index (χ4v) is 3.36. The van der Waals surface area contributed by atoms with Gasteiger partial charge < -0.3 is 9.84 Å². The molecule has 138 valence electrons. The Morgan fingerprint density at radius 3 is 2.50 bits per heavy atom. The molecular weight excluding hydrogens is 378 g/mol. The number of nitrogens with zero attached hydrogens (tertiary/aromatic N) is 2. The van der Waals surface area contributed by atoms with E-state index >= 15 is 0 Å². The average Bonchev–Trinajstić information content (AvgIpc) is 3.10. The molecule has 2 aromatic carbocycles. The van der Waals surface area contributed by atoms with E-state index in [9.17, 15) is 9.59 Å². The second kappa shape index (κ2) is 7.45. The summed E-state index contributed by atoms with van der Waals surface area (Å²) < 4.78 is 6.28. The van der Waals surface area contributed by atoms with E-state index in [-0.39, 0.29) is 11.5 Å². The molecule has 7 nitrogen and oxygen atoms in total. The lowest BCUT2D eigenvalue weighted by molar-refractivity contribution is 0.0697. The van der Waals surface area contributed by atoms with Crippen molar-refractivity contribution in [3.63, 3.8) is 0 Å². The number of nitrogens with one attached hydrogen (secondary N) is 1. The topological polar surface area (TPSA) is 101 Å². The molecule has 2 heterocycles.